The number of nitrogens with zero attached hydrogens (tertiary/aromatic N) is 2. The monoisotopic (exact) mass is 395 g/mol. The summed E-state index contributed by atoms with van der Waals surface area (Å²) in [5.41, 5.74) is 6.94. The maximum atomic E-state index is 12.9. The first kappa shape index (κ1) is 22.9. The molecule has 10 heteroatoms. The van der Waals surface area contributed by atoms with Gasteiger partial charge in [0.15, 0.2) is 12.4 Å². The van der Waals surface area contributed by atoms with Crippen LogP contribution >= 0.6 is 0 Å². The molecule has 1 heterocycles. The lowest BCUT2D eigenvalue weighted by Crippen LogP contribution is -2.56. The highest BCUT2D eigenvalue weighted by Gasteiger charge is 2.32. The molecule has 0 fully saturated rings. The molecule has 1 atom stereocenters. The topological polar surface area (TPSA) is 132 Å². The van der Waals surface area contributed by atoms with Gasteiger partial charge in [-0.2, -0.15) is 4.57 Å². The van der Waals surface area contributed by atoms with Crippen LogP contribution in [-0.2, 0) is 19.1 Å². The van der Waals surface area contributed by atoms with Crippen LogP contribution in [0.3, 0.4) is 0 Å². The van der Waals surface area contributed by atoms with E-state index in [2.05, 4.69) is 5.43 Å². The van der Waals surface area contributed by atoms with Gasteiger partial charge in [-0.25, -0.2) is 15.2 Å². The van der Waals surface area contributed by atoms with Gasteiger partial charge < -0.3 is 15.2 Å². The third-order valence-corrected chi connectivity index (χ3v) is 3.39. The smallest absolute Gasteiger partial charge is 0.426 e. The molecule has 0 bridgehead atoms. The van der Waals surface area contributed by atoms with Crippen molar-refractivity contribution in [1.29, 1.82) is 0 Å². The molecule has 154 valence electrons. The van der Waals surface area contributed by atoms with Crippen molar-refractivity contribution >= 4 is 23.9 Å². The van der Waals surface area contributed by atoms with Gasteiger partial charge in [0.05, 0.1) is 6.61 Å². The fraction of sp³-hybridized carbons (Fsp3) is 0.500. The van der Waals surface area contributed by atoms with E-state index in [1.807, 2.05) is 0 Å². The molecule has 3 N–H and O–H groups in total. The van der Waals surface area contributed by atoms with Crippen molar-refractivity contribution in [2.75, 3.05) is 13.2 Å². The quantitative estimate of drug-likeness (QED) is 0.409. The Kier molecular flexibility index (Phi) is 7.90. The summed E-state index contributed by atoms with van der Waals surface area (Å²) in [6, 6.07) is 2.20. The maximum absolute atomic E-state index is 12.9. The van der Waals surface area contributed by atoms with E-state index in [-0.39, 0.29) is 12.2 Å². The first-order chi connectivity index (χ1) is 12.9. The van der Waals surface area contributed by atoms with E-state index in [9.17, 15) is 19.2 Å². The summed E-state index contributed by atoms with van der Waals surface area (Å²) in [4.78, 5) is 48.1. The van der Waals surface area contributed by atoms with E-state index in [0.29, 0.717) is 0 Å². The maximum Gasteiger partial charge on any atom is 0.426 e. The molecule has 1 aromatic rings. The number of pyridine rings is 1. The fourth-order valence-electron chi connectivity index (χ4n) is 2.15. The average molecular weight is 395 g/mol. The van der Waals surface area contributed by atoms with Crippen LogP contribution < -0.4 is 15.7 Å². The Balaban J connectivity index is 3.04. The van der Waals surface area contributed by atoms with Gasteiger partial charge in [-0.1, -0.05) is 0 Å². The number of nitrogens with one attached hydrogen (secondary N) is 1. The van der Waals surface area contributed by atoms with Gasteiger partial charge in [0.25, 0.3) is 5.91 Å². The minimum atomic E-state index is -0.895. The van der Waals surface area contributed by atoms with Crippen LogP contribution in [0.25, 0.3) is 0 Å². The summed E-state index contributed by atoms with van der Waals surface area (Å²) in [6.07, 6.45) is 2.07. The van der Waals surface area contributed by atoms with Crippen molar-refractivity contribution in [1.82, 2.24) is 10.4 Å². The molecule has 0 saturated carbocycles. The molecule has 0 spiro atoms. The Hall–Kier alpha value is -3.17. The molecule has 1 rings (SSSR count). The highest BCUT2D eigenvalue weighted by Crippen LogP contribution is 2.08. The first-order valence-corrected chi connectivity index (χ1v) is 8.71. The van der Waals surface area contributed by atoms with Crippen LogP contribution in [0.5, 0.6) is 0 Å². The van der Waals surface area contributed by atoms with Crippen molar-refractivity contribution < 1.29 is 33.2 Å². The number of primary amides is 1. The molecule has 1 unspecified atom stereocenters. The highest BCUT2D eigenvalue weighted by atomic mass is 16.6. The number of aromatic nitrogens is 1. The molecule has 1 aromatic heterocycles. The van der Waals surface area contributed by atoms with Crippen LogP contribution in [0.2, 0.25) is 0 Å². The lowest BCUT2D eigenvalue weighted by atomic mass is 10.2. The Morgan fingerprint density at radius 2 is 1.93 bits per heavy atom. The molecule has 28 heavy (non-hydrogen) atoms. The predicted octanol–water partition coefficient (Wildman–Crippen LogP) is 0.465. The molecular formula is C18H27N4O6+. The van der Waals surface area contributed by atoms with Crippen LogP contribution in [0.15, 0.2) is 24.5 Å². The molecule has 3 amide bonds. The summed E-state index contributed by atoms with van der Waals surface area (Å²) in [6.45, 7) is 7.78. The second kappa shape index (κ2) is 9.67. The van der Waals surface area contributed by atoms with Gasteiger partial charge in [-0.15, -0.1) is 0 Å². The molecule has 0 aliphatic carbocycles. The zero-order valence-corrected chi connectivity index (χ0v) is 16.7. The third-order valence-electron chi connectivity index (χ3n) is 3.39. The number of ether oxygens (including phenoxy) is 2. The molecule has 0 saturated heterocycles. The normalized spacial score (nSPS) is 11.9. The summed E-state index contributed by atoms with van der Waals surface area (Å²) < 4.78 is 11.4. The van der Waals surface area contributed by atoms with Crippen LogP contribution in [0, 0.1) is 0 Å². The number of carbonyl (C=O) groups is 4. The van der Waals surface area contributed by atoms with E-state index in [4.69, 9.17) is 15.2 Å². The van der Waals surface area contributed by atoms with E-state index < -0.39 is 42.1 Å². The molecule has 10 nitrogen and oxygen atoms in total. The number of hydrazine groups is 1. The lowest BCUT2D eigenvalue weighted by molar-refractivity contribution is -0.707. The summed E-state index contributed by atoms with van der Waals surface area (Å²) in [5.74, 6) is -1.97. The molecule has 0 aliphatic heterocycles. The SMILES string of the molecule is CCOC(=O)CN(NC(=O)OC(C)(C)C)C(=O)C(C)[n+]1cccc(C(N)=O)c1. The Morgan fingerprint density at radius 3 is 2.46 bits per heavy atom. The molecule has 0 radical (unpaired) electrons. The second-order valence-corrected chi connectivity index (χ2v) is 6.92. The van der Waals surface area contributed by atoms with Crippen molar-refractivity contribution in [2.24, 2.45) is 5.73 Å². The lowest BCUT2D eigenvalue weighted by Gasteiger charge is -2.26. The fourth-order valence-corrected chi connectivity index (χ4v) is 2.15. The van der Waals surface area contributed by atoms with E-state index in [1.165, 1.54) is 16.8 Å². The van der Waals surface area contributed by atoms with Crippen molar-refractivity contribution in [3.05, 3.63) is 30.1 Å². The van der Waals surface area contributed by atoms with Gasteiger partial charge in [-0.05, 0) is 33.8 Å². The van der Waals surface area contributed by atoms with Gasteiger partial charge in [0.2, 0.25) is 6.04 Å². The zero-order valence-electron chi connectivity index (χ0n) is 16.7. The highest BCUT2D eigenvalue weighted by molar-refractivity contribution is 5.92. The summed E-state index contributed by atoms with van der Waals surface area (Å²) in [5, 5.41) is 0.820. The number of carbonyl (C=O) groups excluding carboxylic acids is 4. The Labute approximate surface area is 163 Å². The minimum absolute atomic E-state index is 0.123. The number of amides is 3. The van der Waals surface area contributed by atoms with Gasteiger partial charge in [0.1, 0.15) is 17.7 Å². The second-order valence-electron chi connectivity index (χ2n) is 6.92. The largest absolute Gasteiger partial charge is 0.465 e. The van der Waals surface area contributed by atoms with E-state index in [0.717, 1.165) is 5.01 Å². The number of hydrogen-bond acceptors (Lipinski definition) is 6. The Bertz CT molecular complexity index is 744. The predicted molar refractivity (Wildman–Crippen MR) is 97.6 cm³/mol. The number of rotatable bonds is 6. The van der Waals surface area contributed by atoms with Crippen molar-refractivity contribution in [2.45, 2.75) is 46.3 Å². The Morgan fingerprint density at radius 1 is 1.29 bits per heavy atom. The van der Waals surface area contributed by atoms with Crippen LogP contribution in [-0.4, -0.2) is 47.6 Å². The summed E-state index contributed by atoms with van der Waals surface area (Å²) >= 11 is 0. The zero-order chi connectivity index (χ0) is 21.5. The van der Waals surface area contributed by atoms with Crippen LogP contribution in [0.4, 0.5) is 4.79 Å². The molecule has 0 aliphatic rings. The van der Waals surface area contributed by atoms with Crippen molar-refractivity contribution in [3.63, 3.8) is 0 Å². The van der Waals surface area contributed by atoms with E-state index >= 15 is 0 Å². The number of nitrogens with two attached hydrogens (primary N) is 1. The standard InChI is InChI=1S/C18H26N4O6/c1-6-27-14(23)11-22(20-17(26)28-18(3,4)5)16(25)12(2)21-9-7-8-13(10-21)15(19)24/h7-10,12H,6,11H2,1-5H3,(H2-,19,20,24,26)/p+1. The number of hydrogen-bond donors (Lipinski definition) is 2. The number of esters is 1. The molecule has 0 aromatic carbocycles. The molecular weight excluding hydrogens is 368 g/mol. The third kappa shape index (κ3) is 7.22. The van der Waals surface area contributed by atoms with Gasteiger partial charge in [0, 0.05) is 13.0 Å². The van der Waals surface area contributed by atoms with Gasteiger partial charge >= 0.3 is 18.0 Å². The average Bonchev–Trinajstić information content (AvgIpc) is 2.58. The minimum Gasteiger partial charge on any atom is -0.465 e. The first-order valence-electron chi connectivity index (χ1n) is 8.71. The van der Waals surface area contributed by atoms with Crippen molar-refractivity contribution in [3.8, 4) is 0 Å². The van der Waals surface area contributed by atoms with E-state index in [1.54, 1.807) is 46.9 Å². The van der Waals surface area contributed by atoms with Gasteiger partial charge in [-0.3, -0.25) is 14.4 Å². The summed E-state index contributed by atoms with van der Waals surface area (Å²) in [7, 11) is 0. The van der Waals surface area contributed by atoms with Crippen LogP contribution in [0.1, 0.15) is 51.0 Å².